The van der Waals surface area contributed by atoms with E-state index >= 15 is 0 Å². The van der Waals surface area contributed by atoms with Crippen LogP contribution in [0, 0.1) is 0 Å². The van der Waals surface area contributed by atoms with Crippen molar-refractivity contribution in [3.63, 3.8) is 0 Å². The van der Waals surface area contributed by atoms with Crippen LogP contribution < -0.4 is 11.1 Å². The molecule has 1 heterocycles. The Balaban J connectivity index is 2.20. The van der Waals surface area contributed by atoms with Gasteiger partial charge in [-0.05, 0) is 12.8 Å². The summed E-state index contributed by atoms with van der Waals surface area (Å²) in [4.78, 5) is 10.3. The van der Waals surface area contributed by atoms with Crippen LogP contribution in [-0.4, -0.2) is 23.8 Å². The van der Waals surface area contributed by atoms with Crippen LogP contribution >= 0.6 is 0 Å². The SMILES string of the molecule is NC(CCC1=COCN1)C(=O)O. The number of allylic oxidation sites excluding steroid dienone is 1. The molecule has 0 saturated heterocycles. The van der Waals surface area contributed by atoms with Gasteiger partial charge in [0.1, 0.15) is 12.3 Å². The van der Waals surface area contributed by atoms with E-state index in [-0.39, 0.29) is 0 Å². The number of carboxylic acids is 1. The lowest BCUT2D eigenvalue weighted by atomic mass is 10.1. The smallest absolute Gasteiger partial charge is 0.320 e. The van der Waals surface area contributed by atoms with Gasteiger partial charge in [-0.25, -0.2) is 0 Å². The number of carbonyl (C=O) groups is 1. The molecule has 0 radical (unpaired) electrons. The Morgan fingerprint density at radius 2 is 2.67 bits per heavy atom. The second-order valence-corrected chi connectivity index (χ2v) is 2.61. The van der Waals surface area contributed by atoms with Gasteiger partial charge >= 0.3 is 5.97 Å². The lowest BCUT2D eigenvalue weighted by molar-refractivity contribution is -0.138. The minimum absolute atomic E-state index is 0.428. The van der Waals surface area contributed by atoms with E-state index in [4.69, 9.17) is 15.6 Å². The number of rotatable bonds is 4. The fraction of sp³-hybridized carbons (Fsp3) is 0.571. The Morgan fingerprint density at radius 1 is 1.92 bits per heavy atom. The summed E-state index contributed by atoms with van der Waals surface area (Å²) < 4.78 is 4.89. The molecule has 0 amide bonds. The highest BCUT2D eigenvalue weighted by Gasteiger charge is 2.13. The Bertz CT molecular complexity index is 203. The number of nitrogens with two attached hydrogens (primary N) is 1. The van der Waals surface area contributed by atoms with E-state index in [0.29, 0.717) is 19.6 Å². The molecular formula is C7H12N2O3. The van der Waals surface area contributed by atoms with Crippen molar-refractivity contribution in [3.8, 4) is 0 Å². The van der Waals surface area contributed by atoms with Crippen molar-refractivity contribution in [2.75, 3.05) is 6.73 Å². The van der Waals surface area contributed by atoms with Gasteiger partial charge in [0.05, 0.1) is 0 Å². The molecule has 1 aliphatic heterocycles. The van der Waals surface area contributed by atoms with E-state index in [1.807, 2.05) is 0 Å². The molecule has 5 nitrogen and oxygen atoms in total. The van der Waals surface area contributed by atoms with Crippen LogP contribution in [0.3, 0.4) is 0 Å². The van der Waals surface area contributed by atoms with Crippen LogP contribution in [-0.2, 0) is 9.53 Å². The molecule has 0 bridgehead atoms. The van der Waals surface area contributed by atoms with Gasteiger partial charge in [-0.15, -0.1) is 0 Å². The summed E-state index contributed by atoms with van der Waals surface area (Å²) in [5.74, 6) is -0.963. The minimum atomic E-state index is -0.963. The van der Waals surface area contributed by atoms with Gasteiger partial charge in [-0.3, -0.25) is 4.79 Å². The fourth-order valence-corrected chi connectivity index (χ4v) is 0.900. The van der Waals surface area contributed by atoms with Gasteiger partial charge in [-0.1, -0.05) is 0 Å². The van der Waals surface area contributed by atoms with E-state index in [1.54, 1.807) is 6.26 Å². The summed E-state index contributed by atoms with van der Waals surface area (Å²) in [6.45, 7) is 0.470. The van der Waals surface area contributed by atoms with Crippen molar-refractivity contribution in [2.45, 2.75) is 18.9 Å². The van der Waals surface area contributed by atoms with Crippen LogP contribution in [0.2, 0.25) is 0 Å². The summed E-state index contributed by atoms with van der Waals surface area (Å²) >= 11 is 0. The molecule has 0 aliphatic carbocycles. The summed E-state index contributed by atoms with van der Waals surface area (Å²) in [5, 5.41) is 11.4. The minimum Gasteiger partial charge on any atom is -0.480 e. The summed E-state index contributed by atoms with van der Waals surface area (Å²) in [5.41, 5.74) is 6.21. The molecule has 0 aromatic heterocycles. The molecule has 5 heteroatoms. The maximum absolute atomic E-state index is 10.3. The van der Waals surface area contributed by atoms with Gasteiger partial charge in [-0.2, -0.15) is 0 Å². The van der Waals surface area contributed by atoms with Crippen molar-refractivity contribution < 1.29 is 14.6 Å². The number of nitrogens with one attached hydrogen (secondary N) is 1. The van der Waals surface area contributed by atoms with Gasteiger partial charge < -0.3 is 20.9 Å². The van der Waals surface area contributed by atoms with Crippen LogP contribution in [0.1, 0.15) is 12.8 Å². The molecule has 0 aromatic rings. The van der Waals surface area contributed by atoms with E-state index in [0.717, 1.165) is 5.70 Å². The lowest BCUT2D eigenvalue weighted by Crippen LogP contribution is -2.30. The van der Waals surface area contributed by atoms with Crippen molar-refractivity contribution in [2.24, 2.45) is 5.73 Å². The zero-order chi connectivity index (χ0) is 8.97. The molecule has 12 heavy (non-hydrogen) atoms. The Morgan fingerprint density at radius 3 is 3.17 bits per heavy atom. The molecule has 0 fully saturated rings. The molecule has 0 spiro atoms. The molecule has 0 saturated carbocycles. The van der Waals surface area contributed by atoms with E-state index in [2.05, 4.69) is 5.32 Å². The zero-order valence-corrected chi connectivity index (χ0v) is 6.62. The van der Waals surface area contributed by atoms with Gasteiger partial charge in [0.2, 0.25) is 0 Å². The van der Waals surface area contributed by atoms with Gasteiger partial charge in [0.25, 0.3) is 0 Å². The Hall–Kier alpha value is -1.23. The second-order valence-electron chi connectivity index (χ2n) is 2.61. The van der Waals surface area contributed by atoms with Crippen molar-refractivity contribution >= 4 is 5.97 Å². The standard InChI is InChI=1S/C7H12N2O3/c8-6(7(10)11)2-1-5-3-12-4-9-5/h3,6,9H,1-2,4,8H2,(H,10,11). The van der Waals surface area contributed by atoms with Crippen molar-refractivity contribution in [1.29, 1.82) is 0 Å². The van der Waals surface area contributed by atoms with Crippen LogP contribution in [0.4, 0.5) is 0 Å². The quantitative estimate of drug-likeness (QED) is 0.537. The van der Waals surface area contributed by atoms with E-state index in [9.17, 15) is 4.79 Å². The third-order valence-electron chi connectivity index (χ3n) is 1.65. The molecule has 1 aliphatic rings. The molecular weight excluding hydrogens is 160 g/mol. The van der Waals surface area contributed by atoms with Crippen LogP contribution in [0.15, 0.2) is 12.0 Å². The topological polar surface area (TPSA) is 84.6 Å². The number of hydrogen-bond acceptors (Lipinski definition) is 4. The molecule has 1 atom stereocenters. The second kappa shape index (κ2) is 3.96. The Labute approximate surface area is 70.2 Å². The lowest BCUT2D eigenvalue weighted by Gasteiger charge is -2.05. The van der Waals surface area contributed by atoms with Gasteiger partial charge in [0, 0.05) is 5.70 Å². The predicted molar refractivity (Wildman–Crippen MR) is 42.0 cm³/mol. The van der Waals surface area contributed by atoms with Crippen molar-refractivity contribution in [3.05, 3.63) is 12.0 Å². The fourth-order valence-electron chi connectivity index (χ4n) is 0.900. The number of ether oxygens (including phenoxy) is 1. The number of hydrogen-bond donors (Lipinski definition) is 3. The summed E-state index contributed by atoms with van der Waals surface area (Å²) in [6.07, 6.45) is 2.64. The average molecular weight is 172 g/mol. The highest BCUT2D eigenvalue weighted by Crippen LogP contribution is 2.07. The molecule has 1 unspecified atom stereocenters. The molecule has 1 rings (SSSR count). The monoisotopic (exact) mass is 172 g/mol. The predicted octanol–water partition coefficient (Wildman–Crippen LogP) is -0.403. The first-order valence-corrected chi connectivity index (χ1v) is 3.73. The first kappa shape index (κ1) is 8.86. The first-order chi connectivity index (χ1) is 5.70. The van der Waals surface area contributed by atoms with Crippen LogP contribution in [0.25, 0.3) is 0 Å². The maximum atomic E-state index is 10.3. The normalized spacial score (nSPS) is 17.6. The first-order valence-electron chi connectivity index (χ1n) is 3.73. The highest BCUT2D eigenvalue weighted by atomic mass is 16.5. The molecule has 68 valence electrons. The highest BCUT2D eigenvalue weighted by molar-refractivity contribution is 5.72. The van der Waals surface area contributed by atoms with E-state index < -0.39 is 12.0 Å². The summed E-state index contributed by atoms with van der Waals surface area (Å²) in [7, 11) is 0. The van der Waals surface area contributed by atoms with E-state index in [1.165, 1.54) is 0 Å². The molecule has 4 N–H and O–H groups in total. The Kier molecular flexibility index (Phi) is 2.93. The average Bonchev–Trinajstić information content (AvgIpc) is 2.51. The van der Waals surface area contributed by atoms with Crippen molar-refractivity contribution in [1.82, 2.24) is 5.32 Å². The van der Waals surface area contributed by atoms with Gasteiger partial charge in [0.15, 0.2) is 6.73 Å². The zero-order valence-electron chi connectivity index (χ0n) is 6.62. The third kappa shape index (κ3) is 2.43. The largest absolute Gasteiger partial charge is 0.480 e. The van der Waals surface area contributed by atoms with Crippen LogP contribution in [0.5, 0.6) is 0 Å². The number of carboxylic acid groups (broad SMARTS) is 1. The molecule has 0 aromatic carbocycles. The third-order valence-corrected chi connectivity index (χ3v) is 1.65. The maximum Gasteiger partial charge on any atom is 0.320 e. The summed E-state index contributed by atoms with van der Waals surface area (Å²) in [6, 6.07) is -0.784. The number of aliphatic carboxylic acids is 1.